The van der Waals surface area contributed by atoms with Gasteiger partial charge in [0.05, 0.1) is 11.8 Å². The second-order valence-corrected chi connectivity index (χ2v) is 4.89. The summed E-state index contributed by atoms with van der Waals surface area (Å²) >= 11 is 1.58. The van der Waals surface area contributed by atoms with Gasteiger partial charge < -0.3 is 0 Å². The van der Waals surface area contributed by atoms with E-state index in [4.69, 9.17) is 0 Å². The summed E-state index contributed by atoms with van der Waals surface area (Å²) in [5.74, 6) is 0.756. The minimum absolute atomic E-state index is 0.185. The molecule has 1 heterocycles. The summed E-state index contributed by atoms with van der Waals surface area (Å²) < 4.78 is 0. The molecule has 0 aromatic rings. The Morgan fingerprint density at radius 1 is 1.36 bits per heavy atom. The molecule has 0 aromatic carbocycles. The summed E-state index contributed by atoms with van der Waals surface area (Å²) in [4.78, 5) is 17.6. The zero-order chi connectivity index (χ0) is 9.97. The smallest absolute Gasteiger partial charge is 0.238 e. The fraction of sp³-hybridized carbons (Fsp3) is 0.800. The Kier molecular flexibility index (Phi) is 3.11. The second kappa shape index (κ2) is 4.34. The first-order chi connectivity index (χ1) is 6.77. The van der Waals surface area contributed by atoms with Crippen LogP contribution in [0.25, 0.3) is 0 Å². The monoisotopic (exact) mass is 212 g/mol. The highest BCUT2D eigenvalue weighted by molar-refractivity contribution is 8.15. The fourth-order valence-electron chi connectivity index (χ4n) is 1.92. The molecular weight excluding hydrogens is 196 g/mol. The molecular formula is C10H16N2OS. The van der Waals surface area contributed by atoms with Crippen LogP contribution in [0.3, 0.4) is 0 Å². The molecule has 0 aromatic heterocycles. The summed E-state index contributed by atoms with van der Waals surface area (Å²) in [6, 6.07) is 0.472. The van der Waals surface area contributed by atoms with Gasteiger partial charge in [-0.2, -0.15) is 0 Å². The lowest BCUT2D eigenvalue weighted by molar-refractivity contribution is -0.123. The number of hydrogen-bond acceptors (Lipinski definition) is 3. The van der Waals surface area contributed by atoms with E-state index in [-0.39, 0.29) is 5.91 Å². The van der Waals surface area contributed by atoms with Gasteiger partial charge in [0.1, 0.15) is 0 Å². The molecule has 1 saturated carbocycles. The van der Waals surface area contributed by atoms with Crippen molar-refractivity contribution in [2.24, 2.45) is 4.99 Å². The van der Waals surface area contributed by atoms with Crippen LogP contribution in [0.4, 0.5) is 0 Å². The topological polar surface area (TPSA) is 32.7 Å². The van der Waals surface area contributed by atoms with Crippen LogP contribution < -0.4 is 0 Å². The maximum absolute atomic E-state index is 11.3. The first kappa shape index (κ1) is 10.0. The van der Waals surface area contributed by atoms with E-state index in [2.05, 4.69) is 4.99 Å². The van der Waals surface area contributed by atoms with Gasteiger partial charge >= 0.3 is 0 Å². The molecule has 2 rings (SSSR count). The lowest BCUT2D eigenvalue weighted by Gasteiger charge is -2.19. The summed E-state index contributed by atoms with van der Waals surface area (Å²) in [5.41, 5.74) is 0. The van der Waals surface area contributed by atoms with Crippen LogP contribution in [0.15, 0.2) is 4.99 Å². The predicted molar refractivity (Wildman–Crippen MR) is 59.5 cm³/mol. The first-order valence-corrected chi connectivity index (χ1v) is 6.23. The van der Waals surface area contributed by atoms with Crippen molar-refractivity contribution in [1.82, 2.24) is 4.90 Å². The lowest BCUT2D eigenvalue weighted by atomic mass is 9.96. The molecule has 0 unspecified atom stereocenters. The Labute approximate surface area is 89.0 Å². The van der Waals surface area contributed by atoms with Crippen LogP contribution in [0.2, 0.25) is 0 Å². The van der Waals surface area contributed by atoms with Gasteiger partial charge in [0.15, 0.2) is 5.17 Å². The SMILES string of the molecule is CN1C(=O)CSC1=NC1CCCCC1. The average molecular weight is 212 g/mol. The second-order valence-electron chi connectivity index (χ2n) is 3.94. The Hall–Kier alpha value is -0.510. The van der Waals surface area contributed by atoms with Crippen LogP contribution >= 0.6 is 11.8 Å². The molecule has 0 spiro atoms. The first-order valence-electron chi connectivity index (χ1n) is 5.24. The van der Waals surface area contributed by atoms with Crippen molar-refractivity contribution in [2.45, 2.75) is 38.1 Å². The Balaban J connectivity index is 1.99. The van der Waals surface area contributed by atoms with Crippen molar-refractivity contribution in [3.05, 3.63) is 0 Å². The van der Waals surface area contributed by atoms with E-state index in [1.807, 2.05) is 7.05 Å². The number of carbonyl (C=O) groups excluding carboxylic acids is 1. The minimum atomic E-state index is 0.185. The Morgan fingerprint density at radius 2 is 2.07 bits per heavy atom. The summed E-state index contributed by atoms with van der Waals surface area (Å²) in [7, 11) is 1.82. The van der Waals surface area contributed by atoms with Crippen molar-refractivity contribution in [3.63, 3.8) is 0 Å². The zero-order valence-corrected chi connectivity index (χ0v) is 9.35. The highest BCUT2D eigenvalue weighted by Gasteiger charge is 2.25. The maximum Gasteiger partial charge on any atom is 0.238 e. The highest BCUT2D eigenvalue weighted by atomic mass is 32.2. The van der Waals surface area contributed by atoms with E-state index in [0.29, 0.717) is 11.8 Å². The number of carbonyl (C=O) groups is 1. The van der Waals surface area contributed by atoms with Gasteiger partial charge in [0.2, 0.25) is 5.91 Å². The number of hydrogen-bond donors (Lipinski definition) is 0. The van der Waals surface area contributed by atoms with Gasteiger partial charge in [-0.3, -0.25) is 14.7 Å². The molecule has 78 valence electrons. The number of amidine groups is 1. The molecule has 3 nitrogen and oxygen atoms in total. The van der Waals surface area contributed by atoms with Crippen LogP contribution in [0.1, 0.15) is 32.1 Å². The predicted octanol–water partition coefficient (Wildman–Crippen LogP) is 1.88. The number of aliphatic imine (C=N–C) groups is 1. The normalized spacial score (nSPS) is 27.6. The summed E-state index contributed by atoms with van der Waals surface area (Å²) in [6.45, 7) is 0. The zero-order valence-electron chi connectivity index (χ0n) is 8.53. The maximum atomic E-state index is 11.3. The number of rotatable bonds is 1. The fourth-order valence-corrected chi connectivity index (χ4v) is 2.88. The molecule has 0 bridgehead atoms. The van der Waals surface area contributed by atoms with Crippen LogP contribution in [-0.2, 0) is 4.79 Å². The van der Waals surface area contributed by atoms with Crippen LogP contribution in [-0.4, -0.2) is 34.8 Å². The van der Waals surface area contributed by atoms with Gasteiger partial charge in [-0.25, -0.2) is 0 Å². The van der Waals surface area contributed by atoms with Gasteiger partial charge in [-0.1, -0.05) is 31.0 Å². The molecule has 4 heteroatoms. The van der Waals surface area contributed by atoms with Crippen molar-refractivity contribution in [3.8, 4) is 0 Å². The third-order valence-electron chi connectivity index (χ3n) is 2.85. The van der Waals surface area contributed by atoms with E-state index < -0.39 is 0 Å². The van der Waals surface area contributed by atoms with Gasteiger partial charge in [0.25, 0.3) is 0 Å². The quantitative estimate of drug-likeness (QED) is 0.665. The van der Waals surface area contributed by atoms with Gasteiger partial charge in [-0.05, 0) is 12.8 Å². The molecule has 2 fully saturated rings. The molecule has 0 N–H and O–H groups in total. The van der Waals surface area contributed by atoms with E-state index in [1.54, 1.807) is 16.7 Å². The summed E-state index contributed by atoms with van der Waals surface area (Å²) in [5, 5.41) is 0.932. The van der Waals surface area contributed by atoms with Gasteiger partial charge in [-0.15, -0.1) is 0 Å². The van der Waals surface area contributed by atoms with E-state index in [0.717, 1.165) is 5.17 Å². The minimum Gasteiger partial charge on any atom is -0.294 e. The number of thioether (sulfide) groups is 1. The molecule has 1 saturated heterocycles. The van der Waals surface area contributed by atoms with E-state index in [1.165, 1.54) is 32.1 Å². The molecule has 1 aliphatic heterocycles. The standard InChI is InChI=1S/C10H16N2OS/c1-12-9(13)7-14-10(12)11-8-5-3-2-4-6-8/h8H,2-7H2,1H3. The molecule has 1 aliphatic carbocycles. The van der Waals surface area contributed by atoms with Crippen LogP contribution in [0.5, 0.6) is 0 Å². The molecule has 2 aliphatic rings. The van der Waals surface area contributed by atoms with Crippen molar-refractivity contribution >= 4 is 22.8 Å². The molecule has 0 atom stereocenters. The Morgan fingerprint density at radius 3 is 2.64 bits per heavy atom. The lowest BCUT2D eigenvalue weighted by Crippen LogP contribution is -2.26. The summed E-state index contributed by atoms with van der Waals surface area (Å²) in [6.07, 6.45) is 6.34. The number of nitrogens with zero attached hydrogens (tertiary/aromatic N) is 2. The van der Waals surface area contributed by atoms with Crippen molar-refractivity contribution in [1.29, 1.82) is 0 Å². The third-order valence-corrected chi connectivity index (χ3v) is 3.88. The average Bonchev–Trinajstić information content (AvgIpc) is 2.52. The van der Waals surface area contributed by atoms with Crippen molar-refractivity contribution in [2.75, 3.05) is 12.8 Å². The Bertz CT molecular complexity index is 259. The number of amides is 1. The molecule has 1 amide bonds. The van der Waals surface area contributed by atoms with Crippen molar-refractivity contribution < 1.29 is 4.79 Å². The van der Waals surface area contributed by atoms with Gasteiger partial charge in [0, 0.05) is 7.05 Å². The van der Waals surface area contributed by atoms with E-state index in [9.17, 15) is 4.79 Å². The third kappa shape index (κ3) is 2.11. The molecule has 14 heavy (non-hydrogen) atoms. The molecule has 0 radical (unpaired) electrons. The largest absolute Gasteiger partial charge is 0.294 e. The van der Waals surface area contributed by atoms with Crippen LogP contribution in [0, 0.1) is 0 Å². The van der Waals surface area contributed by atoms with E-state index >= 15 is 0 Å². The highest BCUT2D eigenvalue weighted by Crippen LogP contribution is 2.24.